The van der Waals surface area contributed by atoms with E-state index in [1.54, 1.807) is 7.11 Å². The molecule has 0 amide bonds. The number of aromatic nitrogens is 2. The van der Waals surface area contributed by atoms with Crippen LogP contribution in [0.15, 0.2) is 6.33 Å². The van der Waals surface area contributed by atoms with Crippen LogP contribution in [0.1, 0.15) is 12.5 Å². The first kappa shape index (κ1) is 11.7. The lowest BCUT2D eigenvalue weighted by Crippen LogP contribution is -2.16. The zero-order valence-corrected chi connectivity index (χ0v) is 9.32. The second-order valence-electron chi connectivity index (χ2n) is 3.53. The van der Waals surface area contributed by atoms with Gasteiger partial charge in [-0.3, -0.25) is 0 Å². The van der Waals surface area contributed by atoms with Gasteiger partial charge in [0.05, 0.1) is 12.7 Å². The third kappa shape index (κ3) is 3.06. The Morgan fingerprint density at radius 3 is 2.87 bits per heavy atom. The van der Waals surface area contributed by atoms with Gasteiger partial charge in [0.25, 0.3) is 0 Å². The second kappa shape index (κ2) is 5.50. The molecule has 15 heavy (non-hydrogen) atoms. The first-order chi connectivity index (χ1) is 7.19. The minimum Gasteiger partial charge on any atom is -0.481 e. The third-order valence-corrected chi connectivity index (χ3v) is 2.16. The quantitative estimate of drug-likeness (QED) is 0.755. The maximum absolute atomic E-state index is 8.89. The summed E-state index contributed by atoms with van der Waals surface area (Å²) in [6, 6.07) is 0. The predicted octanol–water partition coefficient (Wildman–Crippen LogP) is 0.834. The number of nitrogens with zero attached hydrogens (tertiary/aromatic N) is 2. The molecule has 1 atom stereocenters. The minimum atomic E-state index is 0.161. The number of methoxy groups -OCH3 is 1. The molecule has 84 valence electrons. The molecule has 1 unspecified atom stereocenters. The molecule has 1 rings (SSSR count). The van der Waals surface area contributed by atoms with Crippen LogP contribution in [0.25, 0.3) is 0 Å². The van der Waals surface area contributed by atoms with Crippen LogP contribution in [0.2, 0.25) is 0 Å². The van der Waals surface area contributed by atoms with Crippen LogP contribution in [-0.4, -0.2) is 35.3 Å². The Bertz CT molecular complexity index is 318. The van der Waals surface area contributed by atoms with E-state index < -0.39 is 0 Å². The monoisotopic (exact) mass is 211 g/mol. The molecule has 1 aromatic heterocycles. The van der Waals surface area contributed by atoms with Crippen LogP contribution < -0.4 is 10.1 Å². The van der Waals surface area contributed by atoms with Crippen LogP contribution in [0.5, 0.6) is 5.88 Å². The molecule has 1 heterocycles. The molecule has 0 saturated heterocycles. The minimum absolute atomic E-state index is 0.161. The lowest BCUT2D eigenvalue weighted by Gasteiger charge is -2.12. The van der Waals surface area contributed by atoms with Crippen molar-refractivity contribution < 1.29 is 9.84 Å². The molecule has 5 heteroatoms. The highest BCUT2D eigenvalue weighted by Gasteiger charge is 2.07. The summed E-state index contributed by atoms with van der Waals surface area (Å²) in [5.41, 5.74) is 0.880. The Labute approximate surface area is 89.5 Å². The molecule has 0 saturated carbocycles. The maximum atomic E-state index is 8.89. The summed E-state index contributed by atoms with van der Waals surface area (Å²) in [6.07, 6.45) is 1.46. The van der Waals surface area contributed by atoms with Crippen LogP contribution in [-0.2, 0) is 0 Å². The first-order valence-corrected chi connectivity index (χ1v) is 4.89. The van der Waals surface area contributed by atoms with E-state index in [4.69, 9.17) is 9.84 Å². The van der Waals surface area contributed by atoms with E-state index >= 15 is 0 Å². The van der Waals surface area contributed by atoms with Gasteiger partial charge in [0.15, 0.2) is 0 Å². The van der Waals surface area contributed by atoms with Gasteiger partial charge in [-0.1, -0.05) is 6.92 Å². The molecule has 0 bridgehead atoms. The van der Waals surface area contributed by atoms with Gasteiger partial charge in [-0.2, -0.15) is 0 Å². The van der Waals surface area contributed by atoms with Crippen molar-refractivity contribution in [3.63, 3.8) is 0 Å². The summed E-state index contributed by atoms with van der Waals surface area (Å²) in [6.45, 7) is 4.69. The average molecular weight is 211 g/mol. The van der Waals surface area contributed by atoms with Gasteiger partial charge in [0.1, 0.15) is 12.1 Å². The maximum Gasteiger partial charge on any atom is 0.221 e. The van der Waals surface area contributed by atoms with Crippen molar-refractivity contribution in [3.8, 4) is 5.88 Å². The molecule has 0 aliphatic rings. The predicted molar refractivity (Wildman–Crippen MR) is 58.1 cm³/mol. The lowest BCUT2D eigenvalue weighted by atomic mass is 10.2. The summed E-state index contributed by atoms with van der Waals surface area (Å²) >= 11 is 0. The number of anilines is 1. The van der Waals surface area contributed by atoms with Gasteiger partial charge in [-0.15, -0.1) is 0 Å². The summed E-state index contributed by atoms with van der Waals surface area (Å²) in [4.78, 5) is 8.09. The zero-order chi connectivity index (χ0) is 11.3. The van der Waals surface area contributed by atoms with Crippen molar-refractivity contribution in [2.75, 3.05) is 25.6 Å². The van der Waals surface area contributed by atoms with Crippen LogP contribution in [0.4, 0.5) is 5.82 Å². The van der Waals surface area contributed by atoms with Gasteiger partial charge >= 0.3 is 0 Å². The molecule has 0 radical (unpaired) electrons. The summed E-state index contributed by atoms with van der Waals surface area (Å²) in [5.74, 6) is 1.52. The molecule has 0 aliphatic carbocycles. The normalized spacial score (nSPS) is 12.3. The Morgan fingerprint density at radius 1 is 1.53 bits per heavy atom. The molecule has 2 N–H and O–H groups in total. The van der Waals surface area contributed by atoms with Crippen molar-refractivity contribution >= 4 is 5.82 Å². The average Bonchev–Trinajstić information content (AvgIpc) is 2.27. The fourth-order valence-electron chi connectivity index (χ4n) is 1.15. The number of hydrogen-bond donors (Lipinski definition) is 2. The fourth-order valence-corrected chi connectivity index (χ4v) is 1.15. The van der Waals surface area contributed by atoms with E-state index in [9.17, 15) is 0 Å². The molecule has 0 aliphatic heterocycles. The number of hydrogen-bond acceptors (Lipinski definition) is 5. The van der Waals surface area contributed by atoms with Gasteiger partial charge in [0, 0.05) is 13.2 Å². The van der Waals surface area contributed by atoms with Crippen molar-refractivity contribution in [2.45, 2.75) is 13.8 Å². The lowest BCUT2D eigenvalue weighted by molar-refractivity contribution is 0.244. The van der Waals surface area contributed by atoms with Gasteiger partial charge in [-0.05, 0) is 12.8 Å². The van der Waals surface area contributed by atoms with E-state index in [0.717, 1.165) is 11.4 Å². The standard InChI is InChI=1S/C10H17N3O2/c1-7(5-14)4-11-9-8(2)10(15-3)13-6-12-9/h6-7,14H,4-5H2,1-3H3,(H,11,12,13). The van der Waals surface area contributed by atoms with E-state index in [1.807, 2.05) is 13.8 Å². The highest BCUT2D eigenvalue weighted by atomic mass is 16.5. The second-order valence-corrected chi connectivity index (χ2v) is 3.53. The summed E-state index contributed by atoms with van der Waals surface area (Å²) in [7, 11) is 1.58. The van der Waals surface area contributed by atoms with E-state index in [1.165, 1.54) is 6.33 Å². The molecular formula is C10H17N3O2. The Kier molecular flexibility index (Phi) is 4.30. The Morgan fingerprint density at radius 2 is 2.27 bits per heavy atom. The van der Waals surface area contributed by atoms with Gasteiger partial charge in [-0.25, -0.2) is 9.97 Å². The Balaban J connectivity index is 2.68. The number of aliphatic hydroxyl groups is 1. The topological polar surface area (TPSA) is 67.3 Å². The summed E-state index contributed by atoms with van der Waals surface area (Å²) in [5, 5.41) is 12.0. The summed E-state index contributed by atoms with van der Waals surface area (Å²) < 4.78 is 5.08. The van der Waals surface area contributed by atoms with Crippen molar-refractivity contribution in [1.82, 2.24) is 9.97 Å². The number of rotatable bonds is 5. The molecule has 0 fully saturated rings. The third-order valence-electron chi connectivity index (χ3n) is 2.16. The van der Waals surface area contributed by atoms with Crippen LogP contribution in [0, 0.1) is 12.8 Å². The van der Waals surface area contributed by atoms with Crippen LogP contribution in [0.3, 0.4) is 0 Å². The molecular weight excluding hydrogens is 194 g/mol. The van der Waals surface area contributed by atoms with E-state index in [2.05, 4.69) is 15.3 Å². The Hall–Kier alpha value is -1.36. The van der Waals surface area contributed by atoms with Crippen LogP contribution >= 0.6 is 0 Å². The van der Waals surface area contributed by atoms with E-state index in [0.29, 0.717) is 12.4 Å². The smallest absolute Gasteiger partial charge is 0.221 e. The number of ether oxygens (including phenoxy) is 1. The molecule has 0 aromatic carbocycles. The van der Waals surface area contributed by atoms with Gasteiger partial charge in [0.2, 0.25) is 5.88 Å². The van der Waals surface area contributed by atoms with E-state index in [-0.39, 0.29) is 12.5 Å². The van der Waals surface area contributed by atoms with Crippen molar-refractivity contribution in [3.05, 3.63) is 11.9 Å². The highest BCUT2D eigenvalue weighted by Crippen LogP contribution is 2.19. The largest absolute Gasteiger partial charge is 0.481 e. The van der Waals surface area contributed by atoms with Gasteiger partial charge < -0.3 is 15.2 Å². The van der Waals surface area contributed by atoms with Crippen molar-refractivity contribution in [2.24, 2.45) is 5.92 Å². The first-order valence-electron chi connectivity index (χ1n) is 4.89. The number of nitrogens with one attached hydrogen (secondary N) is 1. The SMILES string of the molecule is COc1ncnc(NCC(C)CO)c1C. The molecule has 5 nitrogen and oxygen atoms in total. The molecule has 0 spiro atoms. The molecule has 1 aromatic rings. The van der Waals surface area contributed by atoms with Crippen molar-refractivity contribution in [1.29, 1.82) is 0 Å². The zero-order valence-electron chi connectivity index (χ0n) is 9.32. The fraction of sp³-hybridized carbons (Fsp3) is 0.600. The highest BCUT2D eigenvalue weighted by molar-refractivity contribution is 5.47. The number of aliphatic hydroxyl groups excluding tert-OH is 1.